The number of ether oxygens (including phenoxy) is 1. The van der Waals surface area contributed by atoms with Gasteiger partial charge in [-0.05, 0) is 38.1 Å². The van der Waals surface area contributed by atoms with E-state index in [4.69, 9.17) is 0 Å². The third kappa shape index (κ3) is 3.62. The Balaban J connectivity index is 3.11. The van der Waals surface area contributed by atoms with E-state index in [0.29, 0.717) is 0 Å². The van der Waals surface area contributed by atoms with Crippen molar-refractivity contribution in [2.75, 3.05) is 0 Å². The second-order valence-electron chi connectivity index (χ2n) is 3.55. The van der Waals surface area contributed by atoms with Gasteiger partial charge in [-0.25, -0.2) is 8.42 Å². The lowest BCUT2D eigenvalue weighted by molar-refractivity contribution is -0.274. The summed E-state index contributed by atoms with van der Waals surface area (Å²) in [4.78, 5) is -0.241. The summed E-state index contributed by atoms with van der Waals surface area (Å²) in [6.45, 7) is 2.87. The molecule has 7 heteroatoms. The van der Waals surface area contributed by atoms with Crippen LogP contribution in [0.1, 0.15) is 13.8 Å². The Morgan fingerprint density at radius 1 is 1.29 bits per heavy atom. The van der Waals surface area contributed by atoms with E-state index in [0.717, 1.165) is 18.2 Å². The topological polar surface area (TPSA) is 43.4 Å². The van der Waals surface area contributed by atoms with E-state index in [1.54, 1.807) is 0 Å². The molecule has 0 aliphatic carbocycles. The molecule has 95 valence electrons. The normalized spacial score (nSPS) is 12.8. The van der Waals surface area contributed by atoms with Crippen LogP contribution in [-0.2, 0) is 9.84 Å². The van der Waals surface area contributed by atoms with Gasteiger partial charge in [0.1, 0.15) is 5.75 Å². The molecule has 0 fully saturated rings. The van der Waals surface area contributed by atoms with Crippen molar-refractivity contribution in [1.82, 2.24) is 0 Å². The molecule has 0 aliphatic rings. The Labute approximate surface area is 97.1 Å². The van der Waals surface area contributed by atoms with Gasteiger partial charge in [0, 0.05) is 0 Å². The Morgan fingerprint density at radius 2 is 1.88 bits per heavy atom. The lowest BCUT2D eigenvalue weighted by Crippen LogP contribution is -2.18. The Hall–Kier alpha value is -1.24. The summed E-state index contributed by atoms with van der Waals surface area (Å²) in [5.74, 6) is -0.598. The van der Waals surface area contributed by atoms with E-state index >= 15 is 0 Å². The number of hydrogen-bond donors (Lipinski definition) is 0. The minimum Gasteiger partial charge on any atom is -0.406 e. The molecule has 0 spiro atoms. The first-order chi connectivity index (χ1) is 7.63. The molecule has 3 nitrogen and oxygen atoms in total. The fraction of sp³-hybridized carbons (Fsp3) is 0.400. The molecule has 1 aromatic rings. The zero-order valence-electron chi connectivity index (χ0n) is 9.08. The zero-order valence-corrected chi connectivity index (χ0v) is 9.89. The maximum atomic E-state index is 11.9. The summed E-state index contributed by atoms with van der Waals surface area (Å²) >= 11 is 0. The van der Waals surface area contributed by atoms with Crippen molar-refractivity contribution in [2.45, 2.75) is 30.4 Å². The molecule has 0 aromatic heterocycles. The molecule has 0 atom stereocenters. The lowest BCUT2D eigenvalue weighted by atomic mass is 10.3. The van der Waals surface area contributed by atoms with Gasteiger partial charge in [0.15, 0.2) is 9.84 Å². The molecule has 17 heavy (non-hydrogen) atoms. The molecule has 1 rings (SSSR count). The van der Waals surface area contributed by atoms with Gasteiger partial charge in [0.2, 0.25) is 0 Å². The van der Waals surface area contributed by atoms with Gasteiger partial charge < -0.3 is 4.74 Å². The van der Waals surface area contributed by atoms with Crippen molar-refractivity contribution in [3.05, 3.63) is 24.3 Å². The summed E-state index contributed by atoms with van der Waals surface area (Å²) in [6, 6.07) is 5.17. The molecular weight excluding hydrogens is 257 g/mol. The van der Waals surface area contributed by atoms with Crippen LogP contribution in [-0.4, -0.2) is 20.0 Å². The van der Waals surface area contributed by atoms with Crippen molar-refractivity contribution in [3.63, 3.8) is 0 Å². The van der Waals surface area contributed by atoms with E-state index in [-0.39, 0.29) is 4.90 Å². The van der Waals surface area contributed by atoms with Crippen molar-refractivity contribution in [1.29, 1.82) is 0 Å². The molecule has 0 saturated carbocycles. The van der Waals surface area contributed by atoms with Crippen LogP contribution in [0.25, 0.3) is 0 Å². The minimum absolute atomic E-state index is 0.241. The molecule has 0 unspecified atom stereocenters. The van der Waals surface area contributed by atoms with Gasteiger partial charge in [0.05, 0.1) is 10.1 Å². The molecule has 1 radical (unpaired) electrons. The number of hydrogen-bond acceptors (Lipinski definition) is 3. The van der Waals surface area contributed by atoms with E-state index in [1.165, 1.54) is 13.8 Å². The Kier molecular flexibility index (Phi) is 3.71. The van der Waals surface area contributed by atoms with Gasteiger partial charge >= 0.3 is 6.36 Å². The summed E-state index contributed by atoms with van der Waals surface area (Å²) in [5.41, 5.74) is 0. The number of rotatable bonds is 3. The van der Waals surface area contributed by atoms with E-state index in [1.807, 2.05) is 0 Å². The van der Waals surface area contributed by atoms with Crippen LogP contribution in [0.5, 0.6) is 5.75 Å². The van der Waals surface area contributed by atoms with Gasteiger partial charge in [-0.1, -0.05) is 0 Å². The SMILES string of the molecule is CC(C)S(=O)(=O)c1c[c]cc(OC(F)(F)F)c1. The van der Waals surface area contributed by atoms with Crippen LogP contribution in [0, 0.1) is 6.07 Å². The first kappa shape index (κ1) is 13.8. The summed E-state index contributed by atoms with van der Waals surface area (Å²) < 4.78 is 62.8. The molecule has 0 amide bonds. The van der Waals surface area contributed by atoms with Gasteiger partial charge in [-0.2, -0.15) is 0 Å². The van der Waals surface area contributed by atoms with E-state index < -0.39 is 27.2 Å². The van der Waals surface area contributed by atoms with Gasteiger partial charge in [0.25, 0.3) is 0 Å². The van der Waals surface area contributed by atoms with Crippen LogP contribution < -0.4 is 4.74 Å². The number of sulfone groups is 1. The van der Waals surface area contributed by atoms with Gasteiger partial charge in [-0.3, -0.25) is 0 Å². The molecule has 0 heterocycles. The fourth-order valence-corrected chi connectivity index (χ4v) is 2.12. The monoisotopic (exact) mass is 267 g/mol. The summed E-state index contributed by atoms with van der Waals surface area (Å²) in [5, 5.41) is -0.725. The van der Waals surface area contributed by atoms with Gasteiger partial charge in [-0.15, -0.1) is 13.2 Å². The first-order valence-electron chi connectivity index (χ1n) is 4.64. The molecule has 0 aliphatic heterocycles. The highest BCUT2D eigenvalue weighted by Gasteiger charge is 2.31. The highest BCUT2D eigenvalue weighted by atomic mass is 32.2. The molecule has 0 bridgehead atoms. The van der Waals surface area contributed by atoms with Crippen molar-refractivity contribution in [2.24, 2.45) is 0 Å². The Morgan fingerprint density at radius 3 is 2.35 bits per heavy atom. The van der Waals surface area contributed by atoms with Crippen LogP contribution in [0.15, 0.2) is 23.1 Å². The molecule has 1 aromatic carbocycles. The number of alkyl halides is 3. The van der Waals surface area contributed by atoms with Crippen molar-refractivity contribution in [3.8, 4) is 5.75 Å². The molecular formula is C10H10F3O3S. The minimum atomic E-state index is -4.85. The van der Waals surface area contributed by atoms with Crippen LogP contribution >= 0.6 is 0 Å². The van der Waals surface area contributed by atoms with Crippen molar-refractivity contribution < 1.29 is 26.3 Å². The highest BCUT2D eigenvalue weighted by molar-refractivity contribution is 7.92. The van der Waals surface area contributed by atoms with Crippen LogP contribution in [0.3, 0.4) is 0 Å². The third-order valence-electron chi connectivity index (χ3n) is 1.92. The first-order valence-corrected chi connectivity index (χ1v) is 6.18. The average molecular weight is 267 g/mol. The number of benzene rings is 1. The lowest BCUT2D eigenvalue weighted by Gasteiger charge is -2.11. The second-order valence-corrected chi connectivity index (χ2v) is 6.05. The highest BCUT2D eigenvalue weighted by Crippen LogP contribution is 2.26. The largest absolute Gasteiger partial charge is 0.573 e. The zero-order chi connectivity index (χ0) is 13.3. The maximum Gasteiger partial charge on any atom is 0.573 e. The molecule has 0 N–H and O–H groups in total. The standard InChI is InChI=1S/C10H10F3O3S/c1-7(2)17(14,15)9-5-3-4-8(6-9)16-10(11,12)13/h4-7H,1-2H3. The predicted octanol–water partition coefficient (Wildman–Crippen LogP) is 2.57. The second kappa shape index (κ2) is 4.56. The summed E-state index contributed by atoms with van der Waals surface area (Å²) in [6.07, 6.45) is -4.85. The third-order valence-corrected chi connectivity index (χ3v) is 4.05. The van der Waals surface area contributed by atoms with Crippen LogP contribution in [0.2, 0.25) is 0 Å². The van der Waals surface area contributed by atoms with E-state index in [9.17, 15) is 21.6 Å². The quantitative estimate of drug-likeness (QED) is 0.845. The smallest absolute Gasteiger partial charge is 0.406 e. The summed E-state index contributed by atoms with van der Waals surface area (Å²) in [7, 11) is -3.63. The Bertz CT molecular complexity index is 492. The van der Waals surface area contributed by atoms with Crippen molar-refractivity contribution >= 4 is 9.84 Å². The fourth-order valence-electron chi connectivity index (χ4n) is 1.06. The predicted molar refractivity (Wildman–Crippen MR) is 54.3 cm³/mol. The molecule has 0 saturated heterocycles. The maximum absolute atomic E-state index is 11.9. The van der Waals surface area contributed by atoms with Crippen LogP contribution in [0.4, 0.5) is 13.2 Å². The van der Waals surface area contributed by atoms with E-state index in [2.05, 4.69) is 10.8 Å². The number of halogens is 3. The average Bonchev–Trinajstić information content (AvgIpc) is 2.15.